The Hall–Kier alpha value is -7.74. The first-order chi connectivity index (χ1) is 31.4. The average molecular weight is 818 g/mol. The summed E-state index contributed by atoms with van der Waals surface area (Å²) in [7, 11) is 0. The second-order valence-corrected chi connectivity index (χ2v) is 18.1. The zero-order chi connectivity index (χ0) is 43.0. The van der Waals surface area contributed by atoms with Gasteiger partial charge in [-0.05, 0) is 126 Å². The van der Waals surface area contributed by atoms with Crippen LogP contribution in [0.5, 0.6) is 0 Å². The maximum atomic E-state index is 2.49. The highest BCUT2D eigenvalue weighted by atomic mass is 15.1. The Morgan fingerprint density at radius 2 is 0.859 bits per heavy atom. The molecule has 12 rings (SSSR count). The first-order valence-corrected chi connectivity index (χ1v) is 22.5. The smallest absolute Gasteiger partial charge is 0.0540 e. The van der Waals surface area contributed by atoms with Crippen molar-refractivity contribution in [1.29, 1.82) is 0 Å². The molecule has 1 atom stereocenters. The Labute approximate surface area is 376 Å². The minimum absolute atomic E-state index is 0.0636. The molecule has 0 N–H and O–H groups in total. The molecule has 304 valence electrons. The lowest BCUT2D eigenvalue weighted by molar-refractivity contribution is 0.660. The standard InChI is InChI=1S/C63H47N/c1-62(2)55-31-13-11-27-54(55)61-49(29-18-33-57(61)62)43-35-37-46(38-36-43)64(47-39-40-51-50-25-10-14-32-56(50)63(3,58(51)41-47)45-23-8-5-9-24-45)59-34-15-12-26-52(59)53-30-17-22-44-21-16-28-48(60(44)53)42-19-6-4-7-20-42/h4-41H,1-3H3. The summed E-state index contributed by atoms with van der Waals surface area (Å²) in [6, 6.07) is 85.5. The van der Waals surface area contributed by atoms with Gasteiger partial charge in [0, 0.05) is 27.8 Å². The molecule has 64 heavy (non-hydrogen) atoms. The number of fused-ring (bicyclic) bond motifs is 7. The summed E-state index contributed by atoms with van der Waals surface area (Å²) in [5.74, 6) is 0. The summed E-state index contributed by atoms with van der Waals surface area (Å²) in [4.78, 5) is 2.49. The molecule has 2 aliphatic carbocycles. The van der Waals surface area contributed by atoms with Gasteiger partial charge < -0.3 is 4.90 Å². The van der Waals surface area contributed by atoms with E-state index in [1.165, 1.54) is 94.2 Å². The van der Waals surface area contributed by atoms with Crippen LogP contribution in [0.1, 0.15) is 48.6 Å². The Morgan fingerprint density at radius 1 is 0.328 bits per heavy atom. The van der Waals surface area contributed by atoms with Crippen LogP contribution < -0.4 is 4.90 Å². The molecule has 1 unspecified atom stereocenters. The number of para-hydroxylation sites is 1. The van der Waals surface area contributed by atoms with Crippen molar-refractivity contribution < 1.29 is 0 Å². The number of anilines is 3. The predicted molar refractivity (Wildman–Crippen MR) is 270 cm³/mol. The molecule has 0 saturated heterocycles. The molecule has 0 saturated carbocycles. The van der Waals surface area contributed by atoms with Crippen molar-refractivity contribution in [3.05, 3.63) is 258 Å². The highest BCUT2D eigenvalue weighted by Crippen LogP contribution is 2.55. The van der Waals surface area contributed by atoms with Gasteiger partial charge in [-0.3, -0.25) is 0 Å². The molecule has 1 heteroatoms. The molecular weight excluding hydrogens is 771 g/mol. The fraction of sp³-hybridized carbons (Fsp3) is 0.0794. The molecule has 10 aromatic carbocycles. The molecule has 0 aliphatic heterocycles. The van der Waals surface area contributed by atoms with Crippen molar-refractivity contribution in [3.8, 4) is 55.6 Å². The molecule has 1 nitrogen and oxygen atoms in total. The largest absolute Gasteiger partial charge is 0.310 e. The summed E-state index contributed by atoms with van der Waals surface area (Å²) >= 11 is 0. The van der Waals surface area contributed by atoms with Gasteiger partial charge in [0.15, 0.2) is 0 Å². The molecular formula is C63H47N. The van der Waals surface area contributed by atoms with E-state index in [0.29, 0.717) is 0 Å². The number of rotatable bonds is 7. The van der Waals surface area contributed by atoms with Crippen molar-refractivity contribution in [1.82, 2.24) is 0 Å². The van der Waals surface area contributed by atoms with Crippen LogP contribution >= 0.6 is 0 Å². The molecule has 10 aromatic rings. The van der Waals surface area contributed by atoms with Gasteiger partial charge in [-0.1, -0.05) is 214 Å². The monoisotopic (exact) mass is 817 g/mol. The van der Waals surface area contributed by atoms with Crippen LogP contribution in [0.2, 0.25) is 0 Å². The molecule has 0 aromatic heterocycles. The van der Waals surface area contributed by atoms with Crippen molar-refractivity contribution in [2.45, 2.75) is 31.6 Å². The third-order valence-corrected chi connectivity index (χ3v) is 14.4. The van der Waals surface area contributed by atoms with E-state index in [4.69, 9.17) is 0 Å². The molecule has 0 heterocycles. The summed E-state index contributed by atoms with van der Waals surface area (Å²) in [6.07, 6.45) is 0. The minimum atomic E-state index is -0.337. The normalized spacial score (nSPS) is 15.3. The van der Waals surface area contributed by atoms with E-state index in [0.717, 1.165) is 17.1 Å². The topological polar surface area (TPSA) is 3.24 Å². The Morgan fingerprint density at radius 3 is 1.62 bits per heavy atom. The van der Waals surface area contributed by atoms with E-state index in [2.05, 4.69) is 256 Å². The van der Waals surface area contributed by atoms with Crippen LogP contribution in [-0.4, -0.2) is 0 Å². The predicted octanol–water partition coefficient (Wildman–Crippen LogP) is 17.0. The van der Waals surface area contributed by atoms with Crippen molar-refractivity contribution in [3.63, 3.8) is 0 Å². The number of hydrogen-bond donors (Lipinski definition) is 0. The second kappa shape index (κ2) is 14.7. The Bertz CT molecular complexity index is 3410. The SMILES string of the molecule is CC1(C)c2ccccc2-c2c(-c3ccc(N(c4ccc5c(c4)C(C)(c4ccccc4)c4ccccc4-5)c4ccccc4-c4cccc5cccc(-c6ccccc6)c45)cc3)cccc21. The molecule has 0 bridgehead atoms. The van der Waals surface area contributed by atoms with Gasteiger partial charge >= 0.3 is 0 Å². The van der Waals surface area contributed by atoms with Gasteiger partial charge in [-0.2, -0.15) is 0 Å². The zero-order valence-electron chi connectivity index (χ0n) is 36.4. The first kappa shape index (κ1) is 38.0. The van der Waals surface area contributed by atoms with Crippen LogP contribution in [0.4, 0.5) is 17.1 Å². The van der Waals surface area contributed by atoms with Gasteiger partial charge in [0.1, 0.15) is 0 Å². The van der Waals surface area contributed by atoms with Gasteiger partial charge in [-0.25, -0.2) is 0 Å². The highest BCUT2D eigenvalue weighted by Gasteiger charge is 2.41. The summed E-state index contributed by atoms with van der Waals surface area (Å²) in [5.41, 5.74) is 22.2. The summed E-state index contributed by atoms with van der Waals surface area (Å²) < 4.78 is 0. The van der Waals surface area contributed by atoms with Gasteiger partial charge in [0.05, 0.1) is 5.69 Å². The Balaban J connectivity index is 1.08. The van der Waals surface area contributed by atoms with Crippen molar-refractivity contribution in [2.24, 2.45) is 0 Å². The van der Waals surface area contributed by atoms with Crippen LogP contribution in [0, 0.1) is 0 Å². The Kier molecular flexibility index (Phi) is 8.71. The third kappa shape index (κ3) is 5.70. The number of nitrogens with zero attached hydrogens (tertiary/aromatic N) is 1. The highest BCUT2D eigenvalue weighted by molar-refractivity contribution is 6.09. The molecule has 0 radical (unpaired) electrons. The van der Waals surface area contributed by atoms with Crippen LogP contribution in [0.3, 0.4) is 0 Å². The van der Waals surface area contributed by atoms with Gasteiger partial charge in [-0.15, -0.1) is 0 Å². The van der Waals surface area contributed by atoms with Crippen LogP contribution in [-0.2, 0) is 10.8 Å². The van der Waals surface area contributed by atoms with E-state index >= 15 is 0 Å². The summed E-state index contributed by atoms with van der Waals surface area (Å²) in [6.45, 7) is 7.12. The quantitative estimate of drug-likeness (QED) is 0.155. The molecule has 0 spiro atoms. The first-order valence-electron chi connectivity index (χ1n) is 22.5. The summed E-state index contributed by atoms with van der Waals surface area (Å²) in [5, 5.41) is 2.47. The van der Waals surface area contributed by atoms with E-state index in [1.807, 2.05) is 0 Å². The van der Waals surface area contributed by atoms with Gasteiger partial charge in [0.2, 0.25) is 0 Å². The van der Waals surface area contributed by atoms with E-state index in [-0.39, 0.29) is 10.8 Å². The van der Waals surface area contributed by atoms with E-state index in [9.17, 15) is 0 Å². The fourth-order valence-electron chi connectivity index (χ4n) is 11.2. The van der Waals surface area contributed by atoms with E-state index in [1.54, 1.807) is 0 Å². The number of hydrogen-bond acceptors (Lipinski definition) is 1. The van der Waals surface area contributed by atoms with Crippen LogP contribution in [0.15, 0.2) is 231 Å². The van der Waals surface area contributed by atoms with E-state index < -0.39 is 0 Å². The lowest BCUT2D eigenvalue weighted by Crippen LogP contribution is -2.22. The van der Waals surface area contributed by atoms with Crippen molar-refractivity contribution >= 4 is 27.8 Å². The second-order valence-electron chi connectivity index (χ2n) is 18.1. The molecule has 0 amide bonds. The molecule has 0 fully saturated rings. The lowest BCUT2D eigenvalue weighted by Gasteiger charge is -2.32. The third-order valence-electron chi connectivity index (χ3n) is 14.4. The average Bonchev–Trinajstić information content (AvgIpc) is 3.76. The van der Waals surface area contributed by atoms with Gasteiger partial charge in [0.25, 0.3) is 0 Å². The minimum Gasteiger partial charge on any atom is -0.310 e. The number of benzene rings is 10. The fourth-order valence-corrected chi connectivity index (χ4v) is 11.2. The van der Waals surface area contributed by atoms with Crippen molar-refractivity contribution in [2.75, 3.05) is 4.90 Å². The van der Waals surface area contributed by atoms with Crippen LogP contribution in [0.25, 0.3) is 66.4 Å². The maximum absolute atomic E-state index is 2.49. The molecule has 2 aliphatic rings. The lowest BCUT2D eigenvalue weighted by atomic mass is 9.74. The maximum Gasteiger partial charge on any atom is 0.0540 e. The zero-order valence-corrected chi connectivity index (χ0v) is 36.4.